The van der Waals surface area contributed by atoms with Gasteiger partial charge in [-0.05, 0) is 28.8 Å². The van der Waals surface area contributed by atoms with E-state index in [0.717, 1.165) is 22.3 Å². The Morgan fingerprint density at radius 3 is 2.32 bits per heavy atom. The number of amides is 1. The van der Waals surface area contributed by atoms with Gasteiger partial charge < -0.3 is 4.90 Å². The predicted molar refractivity (Wildman–Crippen MR) is 112 cm³/mol. The molecule has 3 nitrogen and oxygen atoms in total. The number of Topliss-reactive ketones (excluding diaryl/α,β-unsaturated/α-hetero) is 1. The van der Waals surface area contributed by atoms with Crippen LogP contribution in [0, 0.1) is 0 Å². The first kappa shape index (κ1) is 17.0. The maximum absolute atomic E-state index is 13.4. The van der Waals surface area contributed by atoms with Crippen LogP contribution in [0.15, 0.2) is 83.8 Å². The minimum atomic E-state index is -0.198. The third-order valence-corrected chi connectivity index (χ3v) is 6.45. The Labute approximate surface area is 167 Å². The SMILES string of the molecule is O=C1C(=Cc2ccccc2)SC2c3ccccc3C(=O)N2Cc2ccccc21. The number of hydrogen-bond acceptors (Lipinski definition) is 3. The summed E-state index contributed by atoms with van der Waals surface area (Å²) in [5, 5.41) is -0.198. The van der Waals surface area contributed by atoms with Gasteiger partial charge in [0.15, 0.2) is 5.78 Å². The van der Waals surface area contributed by atoms with Gasteiger partial charge in [-0.1, -0.05) is 84.6 Å². The van der Waals surface area contributed by atoms with Crippen LogP contribution in [0.4, 0.5) is 0 Å². The second-order valence-corrected chi connectivity index (χ2v) is 8.02. The first-order valence-electron chi connectivity index (χ1n) is 9.18. The van der Waals surface area contributed by atoms with E-state index in [2.05, 4.69) is 0 Å². The number of fused-ring (bicyclic) bond motifs is 4. The van der Waals surface area contributed by atoms with Crippen LogP contribution in [0.2, 0.25) is 0 Å². The summed E-state index contributed by atoms with van der Waals surface area (Å²) < 4.78 is 0. The van der Waals surface area contributed by atoms with Crippen LogP contribution in [-0.2, 0) is 6.54 Å². The van der Waals surface area contributed by atoms with Crippen molar-refractivity contribution in [3.8, 4) is 0 Å². The normalized spacial score (nSPS) is 19.6. The molecule has 5 rings (SSSR count). The molecule has 0 saturated heterocycles. The molecule has 3 aromatic rings. The van der Waals surface area contributed by atoms with Crippen LogP contribution in [-0.4, -0.2) is 16.6 Å². The van der Waals surface area contributed by atoms with E-state index < -0.39 is 0 Å². The molecule has 1 amide bonds. The van der Waals surface area contributed by atoms with Crippen LogP contribution in [0.1, 0.15) is 42.8 Å². The van der Waals surface area contributed by atoms with Crippen molar-refractivity contribution in [2.45, 2.75) is 11.9 Å². The molecule has 0 fully saturated rings. The van der Waals surface area contributed by atoms with E-state index in [-0.39, 0.29) is 17.1 Å². The molecule has 0 radical (unpaired) electrons. The molecule has 2 heterocycles. The number of benzene rings is 3. The number of thioether (sulfide) groups is 1. The molecule has 0 aromatic heterocycles. The van der Waals surface area contributed by atoms with Crippen LogP contribution >= 0.6 is 11.8 Å². The van der Waals surface area contributed by atoms with Crippen molar-refractivity contribution < 1.29 is 9.59 Å². The standard InChI is InChI=1S/C24H17NO2S/c26-22-18-11-5-4-10-17(18)15-25-23(27)19-12-6-7-13-20(19)24(25)28-21(22)14-16-8-2-1-3-9-16/h1-14,24H,15H2. The highest BCUT2D eigenvalue weighted by Crippen LogP contribution is 2.47. The maximum Gasteiger partial charge on any atom is 0.255 e. The molecular formula is C24H17NO2S. The van der Waals surface area contributed by atoms with Crippen molar-refractivity contribution >= 4 is 29.5 Å². The minimum Gasteiger partial charge on any atom is -0.318 e. The average molecular weight is 383 g/mol. The summed E-state index contributed by atoms with van der Waals surface area (Å²) in [6.07, 6.45) is 1.93. The second kappa shape index (κ2) is 6.80. The van der Waals surface area contributed by atoms with Gasteiger partial charge in [-0.25, -0.2) is 0 Å². The minimum absolute atomic E-state index is 0.0148. The molecule has 0 aliphatic carbocycles. The summed E-state index contributed by atoms with van der Waals surface area (Å²) in [7, 11) is 0. The summed E-state index contributed by atoms with van der Waals surface area (Å²) >= 11 is 1.47. The van der Waals surface area contributed by atoms with E-state index in [1.165, 1.54) is 11.8 Å². The zero-order valence-electron chi connectivity index (χ0n) is 15.0. The van der Waals surface area contributed by atoms with Crippen molar-refractivity contribution in [2.75, 3.05) is 0 Å². The summed E-state index contributed by atoms with van der Waals surface area (Å²) in [5.41, 5.74) is 4.23. The van der Waals surface area contributed by atoms with Crippen molar-refractivity contribution in [1.29, 1.82) is 0 Å². The molecule has 28 heavy (non-hydrogen) atoms. The Hall–Kier alpha value is -3.11. The zero-order chi connectivity index (χ0) is 19.1. The molecular weight excluding hydrogens is 366 g/mol. The van der Waals surface area contributed by atoms with Gasteiger partial charge in [0.1, 0.15) is 5.37 Å². The molecule has 136 valence electrons. The maximum atomic E-state index is 13.4. The number of carbonyl (C=O) groups is 2. The third-order valence-electron chi connectivity index (χ3n) is 5.16. The molecule has 2 aliphatic heterocycles. The van der Waals surface area contributed by atoms with Crippen molar-refractivity contribution in [1.82, 2.24) is 4.90 Å². The quantitative estimate of drug-likeness (QED) is 0.534. The lowest BCUT2D eigenvalue weighted by molar-refractivity contribution is 0.0758. The number of rotatable bonds is 1. The van der Waals surface area contributed by atoms with Crippen molar-refractivity contribution in [3.05, 3.63) is 112 Å². The first-order valence-corrected chi connectivity index (χ1v) is 10.1. The lowest BCUT2D eigenvalue weighted by Crippen LogP contribution is -2.29. The Morgan fingerprint density at radius 2 is 1.50 bits per heavy atom. The molecule has 0 N–H and O–H groups in total. The Morgan fingerprint density at radius 1 is 0.821 bits per heavy atom. The Kier molecular flexibility index (Phi) is 4.14. The van der Waals surface area contributed by atoms with Crippen molar-refractivity contribution in [3.63, 3.8) is 0 Å². The Balaban J connectivity index is 1.69. The molecule has 3 aromatic carbocycles. The fourth-order valence-electron chi connectivity index (χ4n) is 3.79. The molecule has 0 spiro atoms. The van der Waals surface area contributed by atoms with Gasteiger partial charge in [-0.2, -0.15) is 0 Å². The van der Waals surface area contributed by atoms with Gasteiger partial charge in [-0.15, -0.1) is 0 Å². The highest BCUT2D eigenvalue weighted by molar-refractivity contribution is 8.04. The predicted octanol–water partition coefficient (Wildman–Crippen LogP) is 5.31. The summed E-state index contributed by atoms with van der Waals surface area (Å²) in [4.78, 5) is 29.0. The molecule has 0 bridgehead atoms. The van der Waals surface area contributed by atoms with E-state index in [1.807, 2.05) is 89.8 Å². The van der Waals surface area contributed by atoms with Crippen LogP contribution < -0.4 is 0 Å². The van der Waals surface area contributed by atoms with Crippen molar-refractivity contribution in [2.24, 2.45) is 0 Å². The lowest BCUT2D eigenvalue weighted by Gasteiger charge is -2.29. The fraction of sp³-hybridized carbons (Fsp3) is 0.0833. The molecule has 0 saturated carbocycles. The monoisotopic (exact) mass is 383 g/mol. The van der Waals surface area contributed by atoms with Gasteiger partial charge in [0.25, 0.3) is 5.91 Å². The number of nitrogens with zero attached hydrogens (tertiary/aromatic N) is 1. The topological polar surface area (TPSA) is 37.4 Å². The van der Waals surface area contributed by atoms with E-state index in [1.54, 1.807) is 0 Å². The van der Waals surface area contributed by atoms with Crippen LogP contribution in [0.5, 0.6) is 0 Å². The molecule has 1 unspecified atom stereocenters. The van der Waals surface area contributed by atoms with Gasteiger partial charge >= 0.3 is 0 Å². The average Bonchev–Trinajstić information content (AvgIpc) is 2.99. The fourth-order valence-corrected chi connectivity index (χ4v) is 5.08. The largest absolute Gasteiger partial charge is 0.318 e. The van der Waals surface area contributed by atoms with E-state index in [9.17, 15) is 9.59 Å². The van der Waals surface area contributed by atoms with E-state index >= 15 is 0 Å². The van der Waals surface area contributed by atoms with E-state index in [4.69, 9.17) is 0 Å². The van der Waals surface area contributed by atoms with E-state index in [0.29, 0.717) is 17.0 Å². The lowest BCUT2D eigenvalue weighted by atomic mass is 10.0. The second-order valence-electron chi connectivity index (χ2n) is 6.90. The smallest absolute Gasteiger partial charge is 0.255 e. The van der Waals surface area contributed by atoms with Gasteiger partial charge in [-0.3, -0.25) is 9.59 Å². The highest BCUT2D eigenvalue weighted by Gasteiger charge is 2.40. The Bertz CT molecular complexity index is 1120. The number of allylic oxidation sites excluding steroid dienone is 1. The molecule has 4 heteroatoms. The summed E-state index contributed by atoms with van der Waals surface area (Å²) in [5.74, 6) is 0.0391. The third kappa shape index (κ3) is 2.77. The van der Waals surface area contributed by atoms with Gasteiger partial charge in [0, 0.05) is 17.7 Å². The number of ketones is 1. The summed E-state index contributed by atoms with van der Waals surface area (Å²) in [6.45, 7) is 0.436. The van der Waals surface area contributed by atoms with Crippen LogP contribution in [0.3, 0.4) is 0 Å². The molecule has 1 atom stereocenters. The van der Waals surface area contributed by atoms with Gasteiger partial charge in [0.2, 0.25) is 0 Å². The molecule has 2 aliphatic rings. The zero-order valence-corrected chi connectivity index (χ0v) is 15.9. The highest BCUT2D eigenvalue weighted by atomic mass is 32.2. The first-order chi connectivity index (χ1) is 13.7. The summed E-state index contributed by atoms with van der Waals surface area (Å²) in [6, 6.07) is 25.1. The van der Waals surface area contributed by atoms with Crippen LogP contribution in [0.25, 0.3) is 6.08 Å². The van der Waals surface area contributed by atoms with Gasteiger partial charge in [0.05, 0.1) is 4.91 Å². The number of hydrogen-bond donors (Lipinski definition) is 0. The number of carbonyl (C=O) groups excluding carboxylic acids is 2.